The molecule has 25 heavy (non-hydrogen) atoms. The minimum atomic E-state index is -0.731. The Morgan fingerprint density at radius 2 is 1.96 bits per heavy atom. The molecule has 2 heterocycles. The van der Waals surface area contributed by atoms with Crippen molar-refractivity contribution in [2.45, 2.75) is 19.9 Å². The lowest BCUT2D eigenvalue weighted by Crippen LogP contribution is -2.29. The Morgan fingerprint density at radius 1 is 1.16 bits per heavy atom. The van der Waals surface area contributed by atoms with Gasteiger partial charge in [0.15, 0.2) is 17.1 Å². The van der Waals surface area contributed by atoms with Gasteiger partial charge in [-0.1, -0.05) is 12.1 Å². The highest BCUT2D eigenvalue weighted by Crippen LogP contribution is 2.22. The van der Waals surface area contributed by atoms with Crippen LogP contribution in [0.2, 0.25) is 0 Å². The summed E-state index contributed by atoms with van der Waals surface area (Å²) in [6.45, 7) is 3.41. The van der Waals surface area contributed by atoms with Gasteiger partial charge in [-0.25, -0.2) is 9.78 Å². The topological polar surface area (TPSA) is 90.3 Å². The van der Waals surface area contributed by atoms with Crippen LogP contribution in [-0.2, 0) is 4.79 Å². The van der Waals surface area contributed by atoms with Crippen molar-refractivity contribution in [2.75, 3.05) is 5.32 Å². The number of fused-ring (bicyclic) bond motifs is 2. The van der Waals surface area contributed by atoms with Crippen LogP contribution in [0.15, 0.2) is 56.1 Å². The van der Waals surface area contributed by atoms with Crippen LogP contribution in [0.4, 0.5) is 5.69 Å². The van der Waals surface area contributed by atoms with Crippen LogP contribution in [-0.4, -0.2) is 15.5 Å². The third-order valence-electron chi connectivity index (χ3n) is 4.05. The summed E-state index contributed by atoms with van der Waals surface area (Å²) < 4.78 is 11.9. The van der Waals surface area contributed by atoms with Crippen molar-refractivity contribution in [2.24, 2.45) is 0 Å². The average Bonchev–Trinajstić information content (AvgIpc) is 3.11. The largest absolute Gasteiger partial charge is 0.441 e. The van der Waals surface area contributed by atoms with Crippen LogP contribution in [0.5, 0.6) is 0 Å². The van der Waals surface area contributed by atoms with E-state index in [0.29, 0.717) is 33.8 Å². The van der Waals surface area contributed by atoms with Crippen molar-refractivity contribution >= 4 is 33.8 Å². The molecule has 0 fully saturated rings. The lowest BCUT2D eigenvalue weighted by atomic mass is 10.2. The minimum absolute atomic E-state index is 0.326. The summed E-state index contributed by atoms with van der Waals surface area (Å²) in [7, 11) is 0. The van der Waals surface area contributed by atoms with Crippen molar-refractivity contribution in [3.8, 4) is 0 Å². The van der Waals surface area contributed by atoms with E-state index in [1.807, 2.05) is 0 Å². The summed E-state index contributed by atoms with van der Waals surface area (Å²) in [5, 5.41) is 2.80. The molecule has 0 aliphatic heterocycles. The Morgan fingerprint density at radius 3 is 2.80 bits per heavy atom. The molecule has 2 aromatic carbocycles. The van der Waals surface area contributed by atoms with Crippen LogP contribution in [0.3, 0.4) is 0 Å². The summed E-state index contributed by atoms with van der Waals surface area (Å²) in [5.74, 6) is -0.331. The number of para-hydroxylation sites is 2. The molecular weight excluding hydrogens is 322 g/mol. The fourth-order valence-electron chi connectivity index (χ4n) is 2.84. The average molecular weight is 337 g/mol. The predicted molar refractivity (Wildman–Crippen MR) is 92.6 cm³/mol. The maximum absolute atomic E-state index is 12.6. The summed E-state index contributed by atoms with van der Waals surface area (Å²) in [6, 6.07) is 11.5. The van der Waals surface area contributed by atoms with Gasteiger partial charge in [0.25, 0.3) is 0 Å². The van der Waals surface area contributed by atoms with E-state index in [1.165, 1.54) is 4.57 Å². The maximum atomic E-state index is 12.6. The lowest BCUT2D eigenvalue weighted by molar-refractivity contribution is -0.118. The first-order chi connectivity index (χ1) is 12.0. The zero-order valence-corrected chi connectivity index (χ0v) is 13.6. The summed E-state index contributed by atoms with van der Waals surface area (Å²) in [4.78, 5) is 28.9. The minimum Gasteiger partial charge on any atom is -0.441 e. The zero-order chi connectivity index (χ0) is 17.6. The molecule has 126 valence electrons. The Hall–Kier alpha value is -3.35. The Balaban J connectivity index is 1.65. The molecule has 1 amide bonds. The zero-order valence-electron chi connectivity index (χ0n) is 13.6. The molecule has 7 nitrogen and oxygen atoms in total. The molecule has 0 radical (unpaired) electrons. The molecule has 0 spiro atoms. The second-order valence-corrected chi connectivity index (χ2v) is 5.79. The van der Waals surface area contributed by atoms with E-state index in [4.69, 9.17) is 8.83 Å². The molecule has 7 heteroatoms. The maximum Gasteiger partial charge on any atom is 0.420 e. The fourth-order valence-corrected chi connectivity index (χ4v) is 2.84. The number of oxazole rings is 2. The third-order valence-corrected chi connectivity index (χ3v) is 4.05. The first-order valence-corrected chi connectivity index (χ1v) is 7.81. The number of hydrogen-bond acceptors (Lipinski definition) is 5. The van der Waals surface area contributed by atoms with E-state index in [9.17, 15) is 9.59 Å². The molecule has 1 atom stereocenters. The molecular formula is C18H15N3O4. The van der Waals surface area contributed by atoms with E-state index in [2.05, 4.69) is 10.3 Å². The van der Waals surface area contributed by atoms with E-state index in [1.54, 1.807) is 56.3 Å². The van der Waals surface area contributed by atoms with E-state index in [-0.39, 0.29) is 5.91 Å². The van der Waals surface area contributed by atoms with Gasteiger partial charge in [0.1, 0.15) is 11.6 Å². The quantitative estimate of drug-likeness (QED) is 0.620. The fraction of sp³-hybridized carbons (Fsp3) is 0.167. The molecule has 0 unspecified atom stereocenters. The summed E-state index contributed by atoms with van der Waals surface area (Å²) in [6.07, 6.45) is 0. The molecule has 0 saturated heterocycles. The number of benzene rings is 2. The number of hydrogen-bond donors (Lipinski definition) is 1. The number of carbonyl (C=O) groups excluding carboxylic acids is 1. The SMILES string of the molecule is Cc1nc2cc(NC(=O)[C@@H](C)n3c(=O)oc4ccccc43)ccc2o1. The highest BCUT2D eigenvalue weighted by atomic mass is 16.4. The van der Waals surface area contributed by atoms with Gasteiger partial charge in [-0.2, -0.15) is 0 Å². The third kappa shape index (κ3) is 2.59. The molecule has 0 saturated carbocycles. The Labute approximate surface area is 141 Å². The monoisotopic (exact) mass is 337 g/mol. The molecule has 4 aromatic rings. The van der Waals surface area contributed by atoms with Crippen molar-refractivity contribution in [3.63, 3.8) is 0 Å². The molecule has 0 bridgehead atoms. The first kappa shape index (κ1) is 15.2. The second kappa shape index (κ2) is 5.62. The van der Waals surface area contributed by atoms with Gasteiger partial charge in [0.2, 0.25) is 5.91 Å². The van der Waals surface area contributed by atoms with Crippen LogP contribution in [0, 0.1) is 6.92 Å². The van der Waals surface area contributed by atoms with Gasteiger partial charge in [0, 0.05) is 12.6 Å². The Kier molecular flexibility index (Phi) is 3.42. The van der Waals surface area contributed by atoms with Gasteiger partial charge in [-0.05, 0) is 37.3 Å². The van der Waals surface area contributed by atoms with Crippen LogP contribution >= 0.6 is 0 Å². The van der Waals surface area contributed by atoms with E-state index >= 15 is 0 Å². The number of carbonyl (C=O) groups is 1. The van der Waals surface area contributed by atoms with Crippen molar-refractivity contribution in [1.29, 1.82) is 0 Å². The van der Waals surface area contributed by atoms with Crippen LogP contribution in [0.25, 0.3) is 22.2 Å². The first-order valence-electron chi connectivity index (χ1n) is 7.81. The van der Waals surface area contributed by atoms with E-state index in [0.717, 1.165) is 0 Å². The number of aromatic nitrogens is 2. The number of amides is 1. The standard InChI is InChI=1S/C18H15N3O4/c1-10(21-14-5-3-4-6-16(14)25-18(21)23)17(22)20-12-7-8-15-13(9-12)19-11(2)24-15/h3-10H,1-2H3,(H,20,22)/t10-/m1/s1. The summed E-state index contributed by atoms with van der Waals surface area (Å²) >= 11 is 0. The molecule has 2 aromatic heterocycles. The normalized spacial score (nSPS) is 12.6. The number of anilines is 1. The number of nitrogens with one attached hydrogen (secondary N) is 1. The number of rotatable bonds is 3. The van der Waals surface area contributed by atoms with Crippen LogP contribution < -0.4 is 11.1 Å². The van der Waals surface area contributed by atoms with Gasteiger partial charge in [-0.3, -0.25) is 9.36 Å². The smallest absolute Gasteiger partial charge is 0.420 e. The summed E-state index contributed by atoms with van der Waals surface area (Å²) in [5.41, 5.74) is 2.93. The molecule has 0 aliphatic rings. The number of aryl methyl sites for hydroxylation is 1. The number of nitrogens with zero attached hydrogens (tertiary/aromatic N) is 2. The van der Waals surface area contributed by atoms with Gasteiger partial charge >= 0.3 is 5.76 Å². The van der Waals surface area contributed by atoms with Gasteiger partial charge in [-0.15, -0.1) is 0 Å². The predicted octanol–water partition coefficient (Wildman–Crippen LogP) is 3.24. The molecule has 0 aliphatic carbocycles. The molecule has 1 N–H and O–H groups in total. The highest BCUT2D eigenvalue weighted by Gasteiger charge is 2.21. The lowest BCUT2D eigenvalue weighted by Gasteiger charge is -2.13. The Bertz CT molecular complexity index is 1150. The highest BCUT2D eigenvalue weighted by molar-refractivity contribution is 5.95. The van der Waals surface area contributed by atoms with Crippen LogP contribution in [0.1, 0.15) is 18.9 Å². The van der Waals surface area contributed by atoms with Crippen molar-refractivity contribution in [3.05, 3.63) is 58.9 Å². The van der Waals surface area contributed by atoms with Crippen molar-refractivity contribution in [1.82, 2.24) is 9.55 Å². The van der Waals surface area contributed by atoms with Crippen molar-refractivity contribution < 1.29 is 13.6 Å². The second-order valence-electron chi connectivity index (χ2n) is 5.79. The van der Waals surface area contributed by atoms with Gasteiger partial charge < -0.3 is 14.2 Å². The van der Waals surface area contributed by atoms with E-state index < -0.39 is 11.8 Å². The molecule has 4 rings (SSSR count). The van der Waals surface area contributed by atoms with Gasteiger partial charge in [0.05, 0.1) is 5.52 Å².